The van der Waals surface area contributed by atoms with Gasteiger partial charge in [-0.15, -0.1) is 5.10 Å². The van der Waals surface area contributed by atoms with Crippen molar-refractivity contribution in [3.8, 4) is 0 Å². The molecule has 0 radical (unpaired) electrons. The van der Waals surface area contributed by atoms with E-state index in [0.29, 0.717) is 11.5 Å². The Hall–Kier alpha value is -1.58. The first kappa shape index (κ1) is 11.9. The van der Waals surface area contributed by atoms with E-state index in [4.69, 9.17) is 0 Å². The fourth-order valence-electron chi connectivity index (χ4n) is 1.14. The van der Waals surface area contributed by atoms with Crippen molar-refractivity contribution in [2.45, 2.75) is 5.51 Å². The van der Waals surface area contributed by atoms with E-state index in [1.807, 2.05) is 0 Å². The number of nitrogens with zero attached hydrogens (tertiary/aromatic N) is 5. The highest BCUT2D eigenvalue weighted by Gasteiger charge is 2.27. The summed E-state index contributed by atoms with van der Waals surface area (Å²) in [5.74, 6) is 0.359. The minimum atomic E-state index is -4.21. The molecule has 0 spiro atoms. The molecule has 92 valence electrons. The van der Waals surface area contributed by atoms with Crippen molar-refractivity contribution < 1.29 is 13.2 Å². The molecule has 0 aliphatic rings. The fraction of sp³-hybridized carbons (Fsp3) is 0.429. The van der Waals surface area contributed by atoms with Gasteiger partial charge in [0.15, 0.2) is 5.65 Å². The van der Waals surface area contributed by atoms with Crippen LogP contribution in [0.4, 0.5) is 19.0 Å². The van der Waals surface area contributed by atoms with Gasteiger partial charge in [-0.2, -0.15) is 17.7 Å². The molecule has 2 aromatic heterocycles. The van der Waals surface area contributed by atoms with Crippen molar-refractivity contribution in [2.24, 2.45) is 0 Å². The van der Waals surface area contributed by atoms with Gasteiger partial charge in [-0.1, -0.05) is 0 Å². The zero-order valence-electron chi connectivity index (χ0n) is 8.35. The molecule has 10 heteroatoms. The van der Waals surface area contributed by atoms with Gasteiger partial charge in [0.05, 0.1) is 12.4 Å². The van der Waals surface area contributed by atoms with Crippen LogP contribution in [-0.4, -0.2) is 42.8 Å². The van der Waals surface area contributed by atoms with Crippen LogP contribution < -0.4 is 5.32 Å². The highest BCUT2D eigenvalue weighted by atomic mass is 32.2. The monoisotopic (exact) mass is 264 g/mol. The highest BCUT2D eigenvalue weighted by molar-refractivity contribution is 8.00. The molecular formula is C7H7F3N6S. The first-order chi connectivity index (χ1) is 8.06. The lowest BCUT2D eigenvalue weighted by molar-refractivity contribution is -0.0327. The van der Waals surface area contributed by atoms with E-state index in [1.54, 1.807) is 0 Å². The number of rotatable bonds is 4. The van der Waals surface area contributed by atoms with Gasteiger partial charge in [-0.05, 0) is 22.2 Å². The summed E-state index contributed by atoms with van der Waals surface area (Å²) < 4.78 is 37.0. The molecule has 6 nitrogen and oxygen atoms in total. The fourth-order valence-corrected chi connectivity index (χ4v) is 1.58. The summed E-state index contributed by atoms with van der Waals surface area (Å²) in [6, 6.07) is 0. The Bertz CT molecular complexity index is 498. The van der Waals surface area contributed by atoms with Crippen LogP contribution in [0.3, 0.4) is 0 Å². The zero-order valence-corrected chi connectivity index (χ0v) is 9.16. The summed E-state index contributed by atoms with van der Waals surface area (Å²) in [4.78, 5) is 3.86. The van der Waals surface area contributed by atoms with Crippen LogP contribution in [0.15, 0.2) is 12.4 Å². The van der Waals surface area contributed by atoms with Gasteiger partial charge < -0.3 is 5.32 Å². The molecule has 0 saturated heterocycles. The van der Waals surface area contributed by atoms with Gasteiger partial charge in [0.1, 0.15) is 5.82 Å². The van der Waals surface area contributed by atoms with Crippen LogP contribution in [0, 0.1) is 0 Å². The van der Waals surface area contributed by atoms with Crippen molar-refractivity contribution in [1.82, 2.24) is 25.0 Å². The smallest absolute Gasteiger partial charge is 0.368 e. The molecule has 2 rings (SSSR count). The van der Waals surface area contributed by atoms with E-state index in [9.17, 15) is 13.2 Å². The van der Waals surface area contributed by atoms with Gasteiger partial charge >= 0.3 is 5.51 Å². The molecule has 0 atom stereocenters. The van der Waals surface area contributed by atoms with Crippen LogP contribution in [0.5, 0.6) is 0 Å². The Kier molecular flexibility index (Phi) is 3.31. The lowest BCUT2D eigenvalue weighted by Gasteiger charge is -2.07. The van der Waals surface area contributed by atoms with Crippen LogP contribution in [-0.2, 0) is 0 Å². The Morgan fingerprint density at radius 1 is 1.35 bits per heavy atom. The van der Waals surface area contributed by atoms with E-state index < -0.39 is 5.51 Å². The summed E-state index contributed by atoms with van der Waals surface area (Å²) in [5, 5.41) is 13.5. The largest absolute Gasteiger partial charge is 0.441 e. The van der Waals surface area contributed by atoms with E-state index in [-0.39, 0.29) is 24.1 Å². The number of fused-ring (bicyclic) bond motifs is 1. The first-order valence-corrected chi connectivity index (χ1v) is 5.51. The quantitative estimate of drug-likeness (QED) is 0.836. The summed E-state index contributed by atoms with van der Waals surface area (Å²) in [6.45, 7) is 0.144. The second-order valence-corrected chi connectivity index (χ2v) is 4.12. The lowest BCUT2D eigenvalue weighted by atomic mass is 10.6. The van der Waals surface area contributed by atoms with Gasteiger partial charge in [0.2, 0.25) is 0 Å². The Morgan fingerprint density at radius 2 is 2.18 bits per heavy atom. The van der Waals surface area contributed by atoms with E-state index in [1.165, 1.54) is 16.9 Å². The number of aromatic nitrogens is 5. The van der Waals surface area contributed by atoms with Crippen LogP contribution in [0.25, 0.3) is 5.65 Å². The predicted molar refractivity (Wildman–Crippen MR) is 55.6 cm³/mol. The second kappa shape index (κ2) is 4.73. The van der Waals surface area contributed by atoms with E-state index >= 15 is 0 Å². The number of hydrogen-bond donors (Lipinski definition) is 1. The normalized spacial score (nSPS) is 11.9. The molecule has 0 fully saturated rings. The molecule has 17 heavy (non-hydrogen) atoms. The van der Waals surface area contributed by atoms with Gasteiger partial charge in [0.25, 0.3) is 0 Å². The number of alkyl halides is 3. The van der Waals surface area contributed by atoms with Crippen LogP contribution in [0.1, 0.15) is 0 Å². The van der Waals surface area contributed by atoms with E-state index in [2.05, 4.69) is 25.8 Å². The third-order valence-electron chi connectivity index (χ3n) is 1.78. The number of thioether (sulfide) groups is 1. The van der Waals surface area contributed by atoms with Crippen LogP contribution >= 0.6 is 11.8 Å². The summed E-state index contributed by atoms with van der Waals surface area (Å²) in [7, 11) is 0. The maximum absolute atomic E-state index is 11.9. The number of anilines is 1. The third-order valence-corrected chi connectivity index (χ3v) is 2.52. The molecule has 1 N–H and O–H groups in total. The number of hydrogen-bond acceptors (Lipinski definition) is 6. The zero-order chi connectivity index (χ0) is 12.3. The molecular weight excluding hydrogens is 257 g/mol. The molecule has 0 saturated carbocycles. The molecule has 0 aromatic carbocycles. The maximum Gasteiger partial charge on any atom is 0.441 e. The van der Waals surface area contributed by atoms with Gasteiger partial charge in [-0.3, -0.25) is 4.98 Å². The van der Waals surface area contributed by atoms with E-state index in [0.717, 1.165) is 0 Å². The maximum atomic E-state index is 11.9. The molecule has 0 unspecified atom stereocenters. The standard InChI is InChI=1S/C7H7F3N6S/c8-7(9,10)17-2-1-12-5-3-11-4-6-13-14-15-16(5)6/h3-4,12H,1-2H2. The Balaban J connectivity index is 1.93. The summed E-state index contributed by atoms with van der Waals surface area (Å²) in [5.41, 5.74) is -3.78. The molecule has 0 aliphatic carbocycles. The average molecular weight is 264 g/mol. The Morgan fingerprint density at radius 3 is 2.94 bits per heavy atom. The van der Waals surface area contributed by atoms with Gasteiger partial charge in [-0.25, -0.2) is 0 Å². The van der Waals surface area contributed by atoms with Crippen LogP contribution in [0.2, 0.25) is 0 Å². The molecule has 0 aliphatic heterocycles. The molecule has 0 bridgehead atoms. The Labute approximate surface area is 97.6 Å². The predicted octanol–water partition coefficient (Wildman–Crippen LogP) is 1.18. The second-order valence-electron chi connectivity index (χ2n) is 2.96. The minimum Gasteiger partial charge on any atom is -0.368 e. The van der Waals surface area contributed by atoms with Crippen molar-refractivity contribution >= 4 is 23.2 Å². The van der Waals surface area contributed by atoms with Crippen molar-refractivity contribution in [3.05, 3.63) is 12.4 Å². The highest BCUT2D eigenvalue weighted by Crippen LogP contribution is 2.29. The van der Waals surface area contributed by atoms with Gasteiger partial charge in [0, 0.05) is 12.3 Å². The average Bonchev–Trinajstić information content (AvgIpc) is 2.71. The molecule has 0 amide bonds. The van der Waals surface area contributed by atoms with Crippen molar-refractivity contribution in [3.63, 3.8) is 0 Å². The number of halogens is 3. The van der Waals surface area contributed by atoms with Crippen molar-refractivity contribution in [2.75, 3.05) is 17.6 Å². The summed E-state index contributed by atoms with van der Waals surface area (Å²) >= 11 is -0.0836. The summed E-state index contributed by atoms with van der Waals surface area (Å²) in [6.07, 6.45) is 2.90. The third kappa shape index (κ3) is 3.19. The lowest BCUT2D eigenvalue weighted by Crippen LogP contribution is -2.12. The number of nitrogens with one attached hydrogen (secondary N) is 1. The molecule has 2 aromatic rings. The number of tetrazole rings is 1. The molecule has 2 heterocycles. The minimum absolute atomic E-state index is 0.0836. The topological polar surface area (TPSA) is 68.0 Å². The van der Waals surface area contributed by atoms with Crippen molar-refractivity contribution in [1.29, 1.82) is 0 Å². The first-order valence-electron chi connectivity index (χ1n) is 4.53. The SMILES string of the molecule is FC(F)(F)SCCNc1cncc2nnnn12.